The van der Waals surface area contributed by atoms with Crippen LogP contribution in [-0.4, -0.2) is 30.4 Å². The molecule has 2 atom stereocenters. The van der Waals surface area contributed by atoms with E-state index in [1.54, 1.807) is 11.8 Å². The number of hydrogen-bond donors (Lipinski definition) is 1. The van der Waals surface area contributed by atoms with Crippen LogP contribution in [0.4, 0.5) is 0 Å². The average molecular weight is 279 g/mol. The summed E-state index contributed by atoms with van der Waals surface area (Å²) in [5.74, 6) is 0.978. The second kappa shape index (κ2) is 7.56. The van der Waals surface area contributed by atoms with Crippen LogP contribution >= 0.6 is 11.8 Å². The molecule has 1 aromatic rings. The summed E-state index contributed by atoms with van der Waals surface area (Å²) in [7, 11) is 0. The van der Waals surface area contributed by atoms with E-state index in [9.17, 15) is 4.79 Å². The molecule has 1 heterocycles. The van der Waals surface area contributed by atoms with Crippen molar-refractivity contribution in [3.8, 4) is 0 Å². The van der Waals surface area contributed by atoms with Gasteiger partial charge in [0.05, 0.1) is 11.4 Å². The van der Waals surface area contributed by atoms with Gasteiger partial charge in [0.15, 0.2) is 0 Å². The van der Waals surface area contributed by atoms with Gasteiger partial charge in [-0.3, -0.25) is 4.79 Å². The lowest BCUT2D eigenvalue weighted by Crippen LogP contribution is -2.36. The second-order valence-electron chi connectivity index (χ2n) is 4.82. The molecule has 0 unspecified atom stereocenters. The lowest BCUT2D eigenvalue weighted by atomic mass is 10.2. The quantitative estimate of drug-likeness (QED) is 0.870. The monoisotopic (exact) mass is 279 g/mol. The molecular weight excluding hydrogens is 258 g/mol. The van der Waals surface area contributed by atoms with Crippen LogP contribution in [0.3, 0.4) is 0 Å². The molecule has 4 heteroatoms. The van der Waals surface area contributed by atoms with Crippen molar-refractivity contribution < 1.29 is 9.53 Å². The van der Waals surface area contributed by atoms with Crippen molar-refractivity contribution in [3.05, 3.63) is 35.9 Å². The number of carbonyl (C=O) groups excluding carboxylic acids is 1. The van der Waals surface area contributed by atoms with Crippen LogP contribution < -0.4 is 5.32 Å². The molecule has 0 spiro atoms. The molecule has 0 bridgehead atoms. The van der Waals surface area contributed by atoms with Gasteiger partial charge in [-0.05, 0) is 25.3 Å². The first-order valence-corrected chi connectivity index (χ1v) is 7.85. The van der Waals surface area contributed by atoms with Gasteiger partial charge < -0.3 is 10.1 Å². The molecule has 1 aromatic carbocycles. The topological polar surface area (TPSA) is 38.3 Å². The highest BCUT2D eigenvalue weighted by Gasteiger charge is 2.18. The zero-order valence-corrected chi connectivity index (χ0v) is 12.1. The van der Waals surface area contributed by atoms with Crippen molar-refractivity contribution in [2.45, 2.75) is 36.9 Å². The number of nitrogens with one attached hydrogen (secondary N) is 1. The largest absolute Gasteiger partial charge is 0.376 e. The molecule has 1 aliphatic heterocycles. The summed E-state index contributed by atoms with van der Waals surface area (Å²) in [6.07, 6.45) is 2.39. The Balaban J connectivity index is 1.67. The predicted molar refractivity (Wildman–Crippen MR) is 79.2 cm³/mol. The van der Waals surface area contributed by atoms with E-state index < -0.39 is 0 Å². The minimum atomic E-state index is -0.0263. The number of carbonyl (C=O) groups is 1. The summed E-state index contributed by atoms with van der Waals surface area (Å²) in [6, 6.07) is 10.2. The molecule has 19 heavy (non-hydrogen) atoms. The molecule has 104 valence electrons. The Morgan fingerprint density at radius 2 is 2.26 bits per heavy atom. The van der Waals surface area contributed by atoms with Gasteiger partial charge in [0, 0.05) is 18.9 Å². The third kappa shape index (κ3) is 4.88. The molecule has 0 aromatic heterocycles. The van der Waals surface area contributed by atoms with Crippen molar-refractivity contribution in [2.24, 2.45) is 0 Å². The Labute approximate surface area is 119 Å². The molecule has 1 saturated heterocycles. The van der Waals surface area contributed by atoms with Gasteiger partial charge in [-0.2, -0.15) is 0 Å². The van der Waals surface area contributed by atoms with E-state index in [0.29, 0.717) is 6.54 Å². The van der Waals surface area contributed by atoms with Crippen molar-refractivity contribution in [3.63, 3.8) is 0 Å². The summed E-state index contributed by atoms with van der Waals surface area (Å²) in [6.45, 7) is 3.44. The lowest BCUT2D eigenvalue weighted by Gasteiger charge is -2.14. The molecule has 1 amide bonds. The number of amides is 1. The predicted octanol–water partition coefficient (Wildman–Crippen LogP) is 2.60. The van der Waals surface area contributed by atoms with E-state index in [-0.39, 0.29) is 17.3 Å². The standard InChI is InChI=1S/C15H21NO2S/c1-12(19-11-13-6-3-2-4-7-13)15(17)16-10-14-8-5-9-18-14/h2-4,6-7,12,14H,5,8-11H2,1H3,(H,16,17)/t12-,14+/m0/s1. The third-order valence-electron chi connectivity index (χ3n) is 3.24. The summed E-state index contributed by atoms with van der Waals surface area (Å²) in [4.78, 5) is 11.9. The van der Waals surface area contributed by atoms with Crippen molar-refractivity contribution in [1.82, 2.24) is 5.32 Å². The summed E-state index contributed by atoms with van der Waals surface area (Å²) < 4.78 is 5.49. The Morgan fingerprint density at radius 1 is 1.47 bits per heavy atom. The van der Waals surface area contributed by atoms with Gasteiger partial charge in [0.2, 0.25) is 5.91 Å². The zero-order chi connectivity index (χ0) is 13.5. The van der Waals surface area contributed by atoms with E-state index in [2.05, 4.69) is 17.4 Å². The van der Waals surface area contributed by atoms with Crippen LogP contribution in [0.25, 0.3) is 0 Å². The lowest BCUT2D eigenvalue weighted by molar-refractivity contribution is -0.120. The van der Waals surface area contributed by atoms with Crippen molar-refractivity contribution in [1.29, 1.82) is 0 Å². The minimum absolute atomic E-state index is 0.0263. The fraction of sp³-hybridized carbons (Fsp3) is 0.533. The van der Waals surface area contributed by atoms with Gasteiger partial charge in [0.1, 0.15) is 0 Å². The molecule has 0 saturated carbocycles. The third-order valence-corrected chi connectivity index (χ3v) is 4.45. The van der Waals surface area contributed by atoms with Crippen molar-refractivity contribution >= 4 is 17.7 Å². The maximum atomic E-state index is 11.9. The highest BCUT2D eigenvalue weighted by Crippen LogP contribution is 2.18. The van der Waals surface area contributed by atoms with E-state index in [1.165, 1.54) is 5.56 Å². The van der Waals surface area contributed by atoms with Crippen LogP contribution in [-0.2, 0) is 15.3 Å². The number of rotatable bonds is 6. The van der Waals surface area contributed by atoms with Gasteiger partial charge >= 0.3 is 0 Å². The fourth-order valence-corrected chi connectivity index (χ4v) is 2.90. The summed E-state index contributed by atoms with van der Waals surface area (Å²) in [5, 5.41) is 2.95. The number of thioether (sulfide) groups is 1. The maximum absolute atomic E-state index is 11.9. The van der Waals surface area contributed by atoms with E-state index in [0.717, 1.165) is 25.2 Å². The van der Waals surface area contributed by atoms with Gasteiger partial charge in [-0.15, -0.1) is 11.8 Å². The highest BCUT2D eigenvalue weighted by atomic mass is 32.2. The fourth-order valence-electron chi connectivity index (χ4n) is 2.03. The first kappa shape index (κ1) is 14.4. The van der Waals surface area contributed by atoms with Gasteiger partial charge in [-0.1, -0.05) is 30.3 Å². The first-order chi connectivity index (χ1) is 9.25. The SMILES string of the molecule is C[C@H](SCc1ccccc1)C(=O)NC[C@H]1CCCO1. The molecule has 1 aliphatic rings. The second-order valence-corrected chi connectivity index (χ2v) is 6.15. The molecule has 0 aliphatic carbocycles. The molecule has 2 rings (SSSR count). The highest BCUT2D eigenvalue weighted by molar-refractivity contribution is 7.99. The van der Waals surface area contributed by atoms with Crippen LogP contribution in [0.1, 0.15) is 25.3 Å². The van der Waals surface area contributed by atoms with Crippen LogP contribution in [0, 0.1) is 0 Å². The number of hydrogen-bond acceptors (Lipinski definition) is 3. The Hall–Kier alpha value is -1.00. The molecule has 1 N–H and O–H groups in total. The maximum Gasteiger partial charge on any atom is 0.232 e. The Morgan fingerprint density at radius 3 is 2.95 bits per heavy atom. The van der Waals surface area contributed by atoms with Gasteiger partial charge in [0.25, 0.3) is 0 Å². The normalized spacial score (nSPS) is 20.2. The molecule has 1 fully saturated rings. The average Bonchev–Trinajstić information content (AvgIpc) is 2.96. The molecular formula is C15H21NO2S. The van der Waals surface area contributed by atoms with Gasteiger partial charge in [-0.25, -0.2) is 0 Å². The first-order valence-electron chi connectivity index (χ1n) is 6.80. The number of ether oxygens (including phenoxy) is 1. The van der Waals surface area contributed by atoms with E-state index in [4.69, 9.17) is 4.74 Å². The van der Waals surface area contributed by atoms with E-state index in [1.807, 2.05) is 25.1 Å². The minimum Gasteiger partial charge on any atom is -0.376 e. The van der Waals surface area contributed by atoms with Crippen LogP contribution in [0.2, 0.25) is 0 Å². The summed E-state index contributed by atoms with van der Waals surface area (Å²) >= 11 is 1.67. The zero-order valence-electron chi connectivity index (χ0n) is 11.3. The molecule has 0 radical (unpaired) electrons. The molecule has 3 nitrogen and oxygen atoms in total. The van der Waals surface area contributed by atoms with Crippen molar-refractivity contribution in [2.75, 3.05) is 13.2 Å². The Kier molecular flexibility index (Phi) is 5.73. The van der Waals surface area contributed by atoms with E-state index >= 15 is 0 Å². The van der Waals surface area contributed by atoms with Crippen LogP contribution in [0.5, 0.6) is 0 Å². The smallest absolute Gasteiger partial charge is 0.232 e. The number of benzene rings is 1. The van der Waals surface area contributed by atoms with Crippen LogP contribution in [0.15, 0.2) is 30.3 Å². The Bertz CT molecular complexity index is 390. The summed E-state index contributed by atoms with van der Waals surface area (Å²) in [5.41, 5.74) is 1.26.